The fourth-order valence-electron chi connectivity index (χ4n) is 4.05. The minimum atomic E-state index is -0.778. The van der Waals surface area contributed by atoms with Gasteiger partial charge in [-0.2, -0.15) is 0 Å². The van der Waals surface area contributed by atoms with Crippen molar-refractivity contribution in [2.75, 3.05) is 6.61 Å². The number of unbranched alkanes of at least 4 members (excludes halogenated alkanes) is 9. The van der Waals surface area contributed by atoms with Gasteiger partial charge in [0, 0.05) is 0 Å². The molecule has 1 heterocycles. The van der Waals surface area contributed by atoms with Crippen molar-refractivity contribution in [1.29, 1.82) is 0 Å². The van der Waals surface area contributed by atoms with E-state index in [0.29, 0.717) is 13.0 Å². The summed E-state index contributed by atoms with van der Waals surface area (Å²) in [7, 11) is 0. The Hall–Kier alpha value is -1.07. The van der Waals surface area contributed by atoms with Crippen molar-refractivity contribution in [2.24, 2.45) is 0 Å². The van der Waals surface area contributed by atoms with E-state index in [9.17, 15) is 9.90 Å². The largest absolute Gasteiger partial charge is 0.444 e. The first-order chi connectivity index (χ1) is 14.6. The predicted molar refractivity (Wildman–Crippen MR) is 128 cm³/mol. The minimum absolute atomic E-state index is 0.329. The van der Waals surface area contributed by atoms with Gasteiger partial charge in [-0.1, -0.05) is 70.4 Å². The summed E-state index contributed by atoms with van der Waals surface area (Å²) >= 11 is 0. The van der Waals surface area contributed by atoms with Gasteiger partial charge in [0.1, 0.15) is 11.3 Å². The molecule has 1 rings (SSSR count). The molecule has 5 nitrogen and oxygen atoms in total. The Balaban J connectivity index is 2.25. The van der Waals surface area contributed by atoms with Crippen molar-refractivity contribution in [3.8, 4) is 0 Å². The zero-order chi connectivity index (χ0) is 23.3. The van der Waals surface area contributed by atoms with Crippen LogP contribution < -0.4 is 0 Å². The number of amides is 1. The van der Waals surface area contributed by atoms with Crippen LogP contribution in [0, 0.1) is 0 Å². The first-order valence-corrected chi connectivity index (χ1v) is 12.6. The number of carbonyl (C=O) groups is 1. The van der Waals surface area contributed by atoms with Crippen LogP contribution in [0.15, 0.2) is 12.2 Å². The zero-order valence-electron chi connectivity index (χ0n) is 21.1. The SMILES string of the molecule is CCCCCCCCCCC/C=C/CCC(O)[C@@H]1COC(C)(C)N1C(=O)OC(C)(C)C. The van der Waals surface area contributed by atoms with Crippen LogP contribution in [0.25, 0.3) is 0 Å². The quantitative estimate of drug-likeness (QED) is 0.234. The lowest BCUT2D eigenvalue weighted by molar-refractivity contribution is -0.0680. The highest BCUT2D eigenvalue weighted by Crippen LogP contribution is 2.32. The second-order valence-corrected chi connectivity index (χ2v) is 10.4. The molecule has 0 aromatic rings. The molecule has 5 heteroatoms. The summed E-state index contributed by atoms with van der Waals surface area (Å²) in [5.74, 6) is 0. The molecule has 1 aliphatic heterocycles. The Morgan fingerprint density at radius 3 is 2.19 bits per heavy atom. The molecule has 1 fully saturated rings. The van der Waals surface area contributed by atoms with Crippen molar-refractivity contribution < 1.29 is 19.4 Å². The van der Waals surface area contributed by atoms with Crippen LogP contribution in [-0.2, 0) is 9.47 Å². The van der Waals surface area contributed by atoms with Crippen LogP contribution >= 0.6 is 0 Å². The highest BCUT2D eigenvalue weighted by Gasteiger charge is 2.48. The standard InChI is InChI=1S/C26H49NO4/c1-7-8-9-10-11-12-13-14-15-16-17-18-19-20-23(28)22-21-30-26(5,6)27(22)24(29)31-25(2,3)4/h17-18,22-23,28H,7-16,19-21H2,1-6H3/b18-17+/t22-,23?/m0/s1. The van der Waals surface area contributed by atoms with Crippen molar-refractivity contribution in [3.63, 3.8) is 0 Å². The monoisotopic (exact) mass is 439 g/mol. The van der Waals surface area contributed by atoms with Gasteiger partial charge < -0.3 is 14.6 Å². The van der Waals surface area contributed by atoms with Gasteiger partial charge >= 0.3 is 6.09 Å². The van der Waals surface area contributed by atoms with Gasteiger partial charge in [-0.25, -0.2) is 4.79 Å². The summed E-state index contributed by atoms with van der Waals surface area (Å²) in [4.78, 5) is 14.2. The number of allylic oxidation sites excluding steroid dienone is 2. The number of rotatable bonds is 14. The van der Waals surface area contributed by atoms with Gasteiger partial charge in [-0.05, 0) is 60.3 Å². The van der Waals surface area contributed by atoms with E-state index in [-0.39, 0.29) is 6.04 Å². The van der Waals surface area contributed by atoms with E-state index in [4.69, 9.17) is 9.47 Å². The third-order valence-electron chi connectivity index (χ3n) is 5.82. The van der Waals surface area contributed by atoms with Crippen LogP contribution in [0.2, 0.25) is 0 Å². The number of aliphatic hydroxyl groups is 1. The zero-order valence-corrected chi connectivity index (χ0v) is 21.1. The molecule has 31 heavy (non-hydrogen) atoms. The molecular weight excluding hydrogens is 390 g/mol. The van der Waals surface area contributed by atoms with Crippen molar-refractivity contribution in [3.05, 3.63) is 12.2 Å². The van der Waals surface area contributed by atoms with Crippen LogP contribution in [0.4, 0.5) is 4.79 Å². The summed E-state index contributed by atoms with van der Waals surface area (Å²) < 4.78 is 11.3. The average Bonchev–Trinajstić information content (AvgIpc) is 2.99. The third-order valence-corrected chi connectivity index (χ3v) is 5.82. The number of hydrogen-bond donors (Lipinski definition) is 1. The van der Waals surface area contributed by atoms with Gasteiger partial charge in [-0.3, -0.25) is 4.90 Å². The maximum Gasteiger partial charge on any atom is 0.412 e. The molecule has 0 aromatic heterocycles. The first-order valence-electron chi connectivity index (χ1n) is 12.6. The van der Waals surface area contributed by atoms with E-state index in [2.05, 4.69) is 19.1 Å². The Morgan fingerprint density at radius 2 is 1.61 bits per heavy atom. The van der Waals surface area contributed by atoms with Crippen LogP contribution in [0.3, 0.4) is 0 Å². The molecule has 0 aliphatic carbocycles. The third kappa shape index (κ3) is 11.4. The molecule has 2 atom stereocenters. The molecular formula is C26H49NO4. The smallest absolute Gasteiger partial charge is 0.412 e. The van der Waals surface area contributed by atoms with Gasteiger partial charge in [0.25, 0.3) is 0 Å². The molecule has 1 saturated heterocycles. The number of carbonyl (C=O) groups excluding carboxylic acids is 1. The topological polar surface area (TPSA) is 59.0 Å². The average molecular weight is 440 g/mol. The molecule has 0 aromatic carbocycles. The molecule has 1 N–H and O–H groups in total. The number of nitrogens with zero attached hydrogens (tertiary/aromatic N) is 1. The van der Waals surface area contributed by atoms with Crippen LogP contribution in [0.1, 0.15) is 119 Å². The van der Waals surface area contributed by atoms with E-state index in [1.165, 1.54) is 57.8 Å². The number of ether oxygens (including phenoxy) is 2. The van der Waals surface area contributed by atoms with Gasteiger partial charge in [-0.15, -0.1) is 0 Å². The highest BCUT2D eigenvalue weighted by molar-refractivity contribution is 5.69. The first kappa shape index (κ1) is 28.0. The molecule has 0 bridgehead atoms. The maximum absolute atomic E-state index is 12.7. The Kier molecular flexibility index (Phi) is 12.8. The maximum atomic E-state index is 12.7. The lowest BCUT2D eigenvalue weighted by atomic mass is 10.0. The molecule has 1 amide bonds. The molecule has 1 aliphatic rings. The van der Waals surface area contributed by atoms with E-state index in [1.807, 2.05) is 34.6 Å². The van der Waals surface area contributed by atoms with Crippen molar-refractivity contribution in [1.82, 2.24) is 4.90 Å². The summed E-state index contributed by atoms with van der Waals surface area (Å²) in [5, 5.41) is 10.7. The van der Waals surface area contributed by atoms with E-state index in [0.717, 1.165) is 12.8 Å². The lowest BCUT2D eigenvalue weighted by Gasteiger charge is -2.36. The number of hydrogen-bond acceptors (Lipinski definition) is 4. The van der Waals surface area contributed by atoms with Gasteiger partial charge in [0.05, 0.1) is 18.8 Å². The van der Waals surface area contributed by atoms with Gasteiger partial charge in [0.15, 0.2) is 0 Å². The van der Waals surface area contributed by atoms with Crippen molar-refractivity contribution >= 4 is 6.09 Å². The van der Waals surface area contributed by atoms with Gasteiger partial charge in [0.2, 0.25) is 0 Å². The summed E-state index contributed by atoms with van der Waals surface area (Å²) in [6, 6.07) is -0.379. The Labute approximate surface area is 191 Å². The summed E-state index contributed by atoms with van der Waals surface area (Å²) in [6.45, 7) is 11.8. The molecule has 182 valence electrons. The van der Waals surface area contributed by atoms with E-state index >= 15 is 0 Å². The van der Waals surface area contributed by atoms with E-state index in [1.54, 1.807) is 4.90 Å². The molecule has 0 spiro atoms. The Morgan fingerprint density at radius 1 is 1.06 bits per heavy atom. The predicted octanol–water partition coefficient (Wildman–Crippen LogP) is 6.98. The second-order valence-electron chi connectivity index (χ2n) is 10.4. The summed E-state index contributed by atoms with van der Waals surface area (Å²) in [5.41, 5.74) is -1.36. The molecule has 0 radical (unpaired) electrons. The molecule has 0 saturated carbocycles. The highest BCUT2D eigenvalue weighted by atomic mass is 16.6. The van der Waals surface area contributed by atoms with Crippen molar-refractivity contribution in [2.45, 2.75) is 142 Å². The van der Waals surface area contributed by atoms with Crippen LogP contribution in [-0.4, -0.2) is 46.2 Å². The second kappa shape index (κ2) is 14.2. The fourth-order valence-corrected chi connectivity index (χ4v) is 4.05. The lowest BCUT2D eigenvalue weighted by Crippen LogP contribution is -2.53. The molecule has 1 unspecified atom stereocenters. The minimum Gasteiger partial charge on any atom is -0.444 e. The van der Waals surface area contributed by atoms with Crippen LogP contribution in [0.5, 0.6) is 0 Å². The fraction of sp³-hybridized carbons (Fsp3) is 0.885. The normalized spacial score (nSPS) is 19.8. The summed E-state index contributed by atoms with van der Waals surface area (Å²) in [6.07, 6.45) is 18.0. The van der Waals surface area contributed by atoms with E-state index < -0.39 is 23.5 Å². The Bertz CT molecular complexity index is 524. The number of aliphatic hydroxyl groups excluding tert-OH is 1.